The Bertz CT molecular complexity index is 655. The Kier molecular flexibility index (Phi) is 4.56. The van der Waals surface area contributed by atoms with Crippen LogP contribution in [0.2, 0.25) is 0 Å². The smallest absolute Gasteiger partial charge is 0.406 e. The fourth-order valence-corrected chi connectivity index (χ4v) is 2.85. The van der Waals surface area contributed by atoms with E-state index < -0.39 is 66.1 Å². The van der Waals surface area contributed by atoms with Gasteiger partial charge in [0, 0.05) is 18.7 Å². The molecule has 2 unspecified atom stereocenters. The second kappa shape index (κ2) is 6.03. The van der Waals surface area contributed by atoms with Gasteiger partial charge < -0.3 is 10.0 Å². The molecule has 1 aromatic carbocycles. The molecule has 1 N–H and O–H groups in total. The van der Waals surface area contributed by atoms with Gasteiger partial charge in [0.1, 0.15) is 11.6 Å². The van der Waals surface area contributed by atoms with Gasteiger partial charge in [0.05, 0.1) is 5.92 Å². The number of aliphatic carboxylic acids is 1. The lowest BCUT2D eigenvalue weighted by Gasteiger charge is -2.28. The number of hydrogen-bond acceptors (Lipinski definition) is 2. The Labute approximate surface area is 133 Å². The third kappa shape index (κ3) is 2.83. The Morgan fingerprint density at radius 3 is 2.21 bits per heavy atom. The maximum Gasteiger partial charge on any atom is 0.406 e. The number of likely N-dealkylation sites (tertiary alicyclic amines) is 1. The maximum atomic E-state index is 13.7. The van der Waals surface area contributed by atoms with Crippen molar-refractivity contribution in [2.45, 2.75) is 25.4 Å². The molecule has 0 saturated carbocycles. The summed E-state index contributed by atoms with van der Waals surface area (Å²) in [6.07, 6.45) is -5.84. The van der Waals surface area contributed by atoms with E-state index in [1.165, 1.54) is 0 Å². The molecule has 4 nitrogen and oxygen atoms in total. The molecule has 0 aromatic heterocycles. The van der Waals surface area contributed by atoms with E-state index in [0.29, 0.717) is 4.90 Å². The van der Waals surface area contributed by atoms with Crippen LogP contribution < -0.4 is 0 Å². The van der Waals surface area contributed by atoms with Crippen LogP contribution in [0.5, 0.6) is 0 Å². The third-order valence-corrected chi connectivity index (χ3v) is 4.34. The zero-order valence-corrected chi connectivity index (χ0v) is 12.5. The molecular formula is C15H14F5NO3. The standard InChI is InChI=1S/C15H14F5NO3/c1-8(11-9(16)3-2-4-10(11)17)12(22)21-6-5-14(7-21,13(23)24)15(18,19)20/h2-4,8H,5-7H2,1H3,(H,23,24). The Morgan fingerprint density at radius 2 is 1.79 bits per heavy atom. The first kappa shape index (κ1) is 18.2. The number of carboxylic acids is 1. The highest BCUT2D eigenvalue weighted by Gasteiger charge is 2.64. The minimum absolute atomic E-state index is 0.453. The average molecular weight is 351 g/mol. The Balaban J connectivity index is 2.28. The van der Waals surface area contributed by atoms with Gasteiger partial charge in [-0.15, -0.1) is 0 Å². The number of rotatable bonds is 3. The van der Waals surface area contributed by atoms with Crippen LogP contribution in [0.3, 0.4) is 0 Å². The van der Waals surface area contributed by atoms with E-state index in [1.807, 2.05) is 0 Å². The molecule has 2 rings (SSSR count). The van der Waals surface area contributed by atoms with Crippen molar-refractivity contribution >= 4 is 11.9 Å². The monoisotopic (exact) mass is 351 g/mol. The average Bonchev–Trinajstić information content (AvgIpc) is 2.92. The van der Waals surface area contributed by atoms with E-state index >= 15 is 0 Å². The normalized spacial score (nSPS) is 22.5. The summed E-state index contributed by atoms with van der Waals surface area (Å²) in [4.78, 5) is 24.1. The fourth-order valence-electron chi connectivity index (χ4n) is 2.85. The summed E-state index contributed by atoms with van der Waals surface area (Å²) in [7, 11) is 0. The van der Waals surface area contributed by atoms with Gasteiger partial charge in [0.15, 0.2) is 5.41 Å². The molecule has 132 valence electrons. The second-order valence-corrected chi connectivity index (χ2v) is 5.75. The van der Waals surface area contributed by atoms with E-state index in [-0.39, 0.29) is 0 Å². The summed E-state index contributed by atoms with van der Waals surface area (Å²) in [6, 6.07) is 2.97. The van der Waals surface area contributed by atoms with Gasteiger partial charge in [0.25, 0.3) is 0 Å². The van der Waals surface area contributed by atoms with Crippen LogP contribution in [-0.2, 0) is 9.59 Å². The van der Waals surface area contributed by atoms with Gasteiger partial charge >= 0.3 is 12.1 Å². The Morgan fingerprint density at radius 1 is 1.25 bits per heavy atom. The SMILES string of the molecule is CC(C(=O)N1CCC(C(=O)O)(C(F)(F)F)C1)c1c(F)cccc1F. The topological polar surface area (TPSA) is 57.6 Å². The summed E-state index contributed by atoms with van der Waals surface area (Å²) >= 11 is 0. The van der Waals surface area contributed by atoms with Crippen LogP contribution in [0.4, 0.5) is 22.0 Å². The number of benzene rings is 1. The van der Waals surface area contributed by atoms with E-state index in [1.54, 1.807) is 0 Å². The first-order chi connectivity index (χ1) is 11.0. The molecular weight excluding hydrogens is 337 g/mol. The molecule has 9 heteroatoms. The van der Waals surface area contributed by atoms with Crippen LogP contribution in [0.1, 0.15) is 24.8 Å². The van der Waals surface area contributed by atoms with Crippen LogP contribution in [-0.4, -0.2) is 41.1 Å². The summed E-state index contributed by atoms with van der Waals surface area (Å²) in [5, 5.41) is 8.96. The molecule has 1 aliphatic rings. The highest BCUT2D eigenvalue weighted by atomic mass is 19.4. The lowest BCUT2D eigenvalue weighted by molar-refractivity contribution is -0.227. The van der Waals surface area contributed by atoms with Crippen molar-refractivity contribution in [3.63, 3.8) is 0 Å². The number of carbonyl (C=O) groups excluding carboxylic acids is 1. The number of carbonyl (C=O) groups is 2. The Hall–Kier alpha value is -2.19. The van der Waals surface area contributed by atoms with Gasteiger partial charge in [-0.25, -0.2) is 8.78 Å². The molecule has 24 heavy (non-hydrogen) atoms. The van der Waals surface area contributed by atoms with Crippen LogP contribution in [0, 0.1) is 17.0 Å². The number of amides is 1. The highest BCUT2D eigenvalue weighted by molar-refractivity contribution is 5.85. The van der Waals surface area contributed by atoms with E-state index in [0.717, 1.165) is 25.1 Å². The van der Waals surface area contributed by atoms with Gasteiger partial charge in [-0.2, -0.15) is 13.2 Å². The molecule has 1 heterocycles. The minimum Gasteiger partial charge on any atom is -0.481 e. The predicted molar refractivity (Wildman–Crippen MR) is 72.1 cm³/mol. The van der Waals surface area contributed by atoms with Crippen LogP contribution >= 0.6 is 0 Å². The van der Waals surface area contributed by atoms with Crippen molar-refractivity contribution in [3.8, 4) is 0 Å². The van der Waals surface area contributed by atoms with Crippen molar-refractivity contribution < 1.29 is 36.6 Å². The number of hydrogen-bond donors (Lipinski definition) is 1. The molecule has 0 radical (unpaired) electrons. The highest BCUT2D eigenvalue weighted by Crippen LogP contribution is 2.46. The molecule has 1 amide bonds. The fraction of sp³-hybridized carbons (Fsp3) is 0.467. The second-order valence-electron chi connectivity index (χ2n) is 5.75. The van der Waals surface area contributed by atoms with Gasteiger partial charge in [0.2, 0.25) is 5.91 Å². The molecule has 1 fully saturated rings. The molecule has 1 aliphatic heterocycles. The van der Waals surface area contributed by atoms with E-state index in [4.69, 9.17) is 5.11 Å². The first-order valence-electron chi connectivity index (χ1n) is 7.04. The van der Waals surface area contributed by atoms with Crippen LogP contribution in [0.25, 0.3) is 0 Å². The van der Waals surface area contributed by atoms with Crippen molar-refractivity contribution in [2.75, 3.05) is 13.1 Å². The van der Waals surface area contributed by atoms with Gasteiger partial charge in [-0.05, 0) is 25.5 Å². The largest absolute Gasteiger partial charge is 0.481 e. The summed E-state index contributed by atoms with van der Waals surface area (Å²) in [6.45, 7) is -0.367. The maximum absolute atomic E-state index is 13.7. The number of carboxylic acid groups (broad SMARTS) is 1. The lowest BCUT2D eigenvalue weighted by Crippen LogP contribution is -2.48. The summed E-state index contributed by atoms with van der Waals surface area (Å²) in [5.41, 5.74) is -3.61. The number of alkyl halides is 3. The van der Waals surface area contributed by atoms with Gasteiger partial charge in [-0.3, -0.25) is 9.59 Å². The summed E-state index contributed by atoms with van der Waals surface area (Å²) in [5.74, 6) is -6.38. The summed E-state index contributed by atoms with van der Waals surface area (Å²) < 4.78 is 66.8. The zero-order chi connectivity index (χ0) is 18.3. The van der Waals surface area contributed by atoms with Crippen molar-refractivity contribution in [1.29, 1.82) is 0 Å². The molecule has 2 atom stereocenters. The molecule has 0 bridgehead atoms. The van der Waals surface area contributed by atoms with Crippen LogP contribution in [0.15, 0.2) is 18.2 Å². The first-order valence-corrected chi connectivity index (χ1v) is 7.04. The quantitative estimate of drug-likeness (QED) is 0.852. The molecule has 0 aliphatic carbocycles. The molecule has 1 saturated heterocycles. The minimum atomic E-state index is -5.04. The van der Waals surface area contributed by atoms with Crippen molar-refractivity contribution in [3.05, 3.63) is 35.4 Å². The predicted octanol–water partition coefficient (Wildman–Crippen LogP) is 2.93. The number of halogens is 5. The lowest BCUT2D eigenvalue weighted by atomic mass is 9.86. The molecule has 0 spiro atoms. The number of nitrogens with zero attached hydrogens (tertiary/aromatic N) is 1. The van der Waals surface area contributed by atoms with Crippen molar-refractivity contribution in [2.24, 2.45) is 5.41 Å². The third-order valence-electron chi connectivity index (χ3n) is 4.34. The molecule has 1 aromatic rings. The zero-order valence-electron chi connectivity index (χ0n) is 12.5. The van der Waals surface area contributed by atoms with E-state index in [2.05, 4.69) is 0 Å². The van der Waals surface area contributed by atoms with Crippen molar-refractivity contribution in [1.82, 2.24) is 4.90 Å². The van der Waals surface area contributed by atoms with E-state index in [9.17, 15) is 31.5 Å². The van der Waals surface area contributed by atoms with Gasteiger partial charge in [-0.1, -0.05) is 6.07 Å².